The first-order valence-electron chi connectivity index (χ1n) is 9.99. The van der Waals surface area contributed by atoms with Gasteiger partial charge in [-0.1, -0.05) is 18.2 Å². The lowest BCUT2D eigenvalue weighted by Crippen LogP contribution is -2.34. The van der Waals surface area contributed by atoms with Crippen molar-refractivity contribution in [3.8, 4) is 11.1 Å². The molecule has 0 saturated carbocycles. The van der Waals surface area contributed by atoms with Gasteiger partial charge in [-0.05, 0) is 55.3 Å². The van der Waals surface area contributed by atoms with E-state index >= 15 is 0 Å². The van der Waals surface area contributed by atoms with Crippen LogP contribution in [0.15, 0.2) is 67.1 Å². The molecule has 5 rings (SSSR count). The molecular formula is C23H22FN5. The van der Waals surface area contributed by atoms with Crippen molar-refractivity contribution in [1.29, 1.82) is 0 Å². The summed E-state index contributed by atoms with van der Waals surface area (Å²) in [5.74, 6) is 0.999. The van der Waals surface area contributed by atoms with Gasteiger partial charge < -0.3 is 0 Å². The third kappa shape index (κ3) is 3.76. The summed E-state index contributed by atoms with van der Waals surface area (Å²) >= 11 is 0. The number of benzene rings is 1. The fourth-order valence-electron chi connectivity index (χ4n) is 4.07. The van der Waals surface area contributed by atoms with Gasteiger partial charge >= 0.3 is 0 Å². The first-order chi connectivity index (χ1) is 14.3. The molecule has 3 aromatic heterocycles. The Labute approximate surface area is 168 Å². The molecule has 4 aromatic rings. The fourth-order valence-corrected chi connectivity index (χ4v) is 4.07. The molecule has 0 aliphatic carbocycles. The number of nitrogens with zero attached hydrogens (tertiary/aromatic N) is 5. The first kappa shape index (κ1) is 17.9. The fraction of sp³-hybridized carbons (Fsp3) is 0.261. The van der Waals surface area contributed by atoms with Crippen molar-refractivity contribution in [2.45, 2.75) is 25.3 Å². The number of rotatable bonds is 4. The van der Waals surface area contributed by atoms with E-state index in [1.807, 2.05) is 41.0 Å². The average Bonchev–Trinajstić information content (AvgIpc) is 3.20. The lowest BCUT2D eigenvalue weighted by atomic mass is 9.97. The van der Waals surface area contributed by atoms with Crippen molar-refractivity contribution in [3.63, 3.8) is 0 Å². The van der Waals surface area contributed by atoms with E-state index in [9.17, 15) is 4.39 Å². The molecule has 1 fully saturated rings. The van der Waals surface area contributed by atoms with E-state index < -0.39 is 0 Å². The number of pyridine rings is 2. The maximum Gasteiger partial charge on any atom is 0.156 e. The number of hydrogen-bond acceptors (Lipinski definition) is 4. The van der Waals surface area contributed by atoms with Crippen molar-refractivity contribution in [1.82, 2.24) is 24.5 Å². The largest absolute Gasteiger partial charge is 0.298 e. The Balaban J connectivity index is 1.36. The molecule has 5 nitrogen and oxygen atoms in total. The van der Waals surface area contributed by atoms with Crippen LogP contribution >= 0.6 is 0 Å². The van der Waals surface area contributed by atoms with Crippen LogP contribution in [0.25, 0.3) is 16.8 Å². The highest BCUT2D eigenvalue weighted by molar-refractivity contribution is 5.63. The van der Waals surface area contributed by atoms with Crippen LogP contribution in [-0.2, 0) is 6.54 Å². The van der Waals surface area contributed by atoms with E-state index in [-0.39, 0.29) is 11.7 Å². The molecule has 0 radical (unpaired) electrons. The predicted octanol–water partition coefficient (Wildman–Crippen LogP) is 4.31. The summed E-state index contributed by atoms with van der Waals surface area (Å²) in [6.45, 7) is 2.45. The van der Waals surface area contributed by atoms with Crippen molar-refractivity contribution in [2.75, 3.05) is 13.1 Å². The molecule has 0 bridgehead atoms. The molecule has 1 aliphatic heterocycles. The molecule has 1 aliphatic rings. The number of hydrogen-bond donors (Lipinski definition) is 0. The standard InChI is InChI=1S/C23H22FN5/c24-21-6-2-1-4-19(21)14-28-13-3-5-20(15-28)23-26-22-8-7-18(16-29(22)27-23)17-9-11-25-12-10-17/h1-2,4,6-12,16,20H,3,5,13-15H2/t20-/m0/s1. The second-order valence-corrected chi connectivity index (χ2v) is 7.59. The Morgan fingerprint density at radius 2 is 1.86 bits per heavy atom. The zero-order valence-corrected chi connectivity index (χ0v) is 16.1. The summed E-state index contributed by atoms with van der Waals surface area (Å²) in [5.41, 5.74) is 3.79. The van der Waals surface area contributed by atoms with Gasteiger partial charge in [0, 0.05) is 48.7 Å². The van der Waals surface area contributed by atoms with E-state index in [1.54, 1.807) is 18.5 Å². The highest BCUT2D eigenvalue weighted by atomic mass is 19.1. The van der Waals surface area contributed by atoms with E-state index in [2.05, 4.69) is 16.0 Å². The maximum absolute atomic E-state index is 14.0. The highest BCUT2D eigenvalue weighted by Crippen LogP contribution is 2.27. The Hall–Kier alpha value is -3.12. The van der Waals surface area contributed by atoms with Crippen LogP contribution in [0.1, 0.15) is 30.1 Å². The van der Waals surface area contributed by atoms with E-state index in [4.69, 9.17) is 10.1 Å². The van der Waals surface area contributed by atoms with Crippen LogP contribution < -0.4 is 0 Å². The zero-order valence-electron chi connectivity index (χ0n) is 16.1. The topological polar surface area (TPSA) is 46.3 Å². The molecule has 6 heteroatoms. The van der Waals surface area contributed by atoms with Crippen molar-refractivity contribution < 1.29 is 4.39 Å². The van der Waals surface area contributed by atoms with Crippen LogP contribution in [0.4, 0.5) is 4.39 Å². The summed E-state index contributed by atoms with van der Waals surface area (Å²) in [5, 5.41) is 4.77. The molecule has 146 valence electrons. The zero-order chi connectivity index (χ0) is 19.6. The molecule has 0 N–H and O–H groups in total. The number of likely N-dealkylation sites (tertiary alicyclic amines) is 1. The lowest BCUT2D eigenvalue weighted by molar-refractivity contribution is 0.194. The lowest BCUT2D eigenvalue weighted by Gasteiger charge is -2.31. The normalized spacial score (nSPS) is 17.6. The smallest absolute Gasteiger partial charge is 0.156 e. The van der Waals surface area contributed by atoms with Gasteiger partial charge in [0.2, 0.25) is 0 Å². The summed E-state index contributed by atoms with van der Waals surface area (Å²) in [4.78, 5) is 11.2. The molecule has 29 heavy (non-hydrogen) atoms. The molecule has 0 amide bonds. The van der Waals surface area contributed by atoms with Crippen molar-refractivity contribution in [2.24, 2.45) is 0 Å². The van der Waals surface area contributed by atoms with E-state index in [0.29, 0.717) is 6.54 Å². The van der Waals surface area contributed by atoms with E-state index in [0.717, 1.165) is 54.1 Å². The third-order valence-corrected chi connectivity index (χ3v) is 5.58. The molecule has 4 heterocycles. The van der Waals surface area contributed by atoms with Crippen LogP contribution in [0, 0.1) is 5.82 Å². The number of piperidine rings is 1. The molecule has 1 saturated heterocycles. The number of halogens is 1. The van der Waals surface area contributed by atoms with E-state index in [1.165, 1.54) is 6.07 Å². The minimum Gasteiger partial charge on any atom is -0.298 e. The van der Waals surface area contributed by atoms with Crippen LogP contribution in [0.5, 0.6) is 0 Å². The minimum absolute atomic E-state index is 0.135. The summed E-state index contributed by atoms with van der Waals surface area (Å²) in [6, 6.07) is 15.1. The molecule has 0 unspecified atom stereocenters. The van der Waals surface area contributed by atoms with Gasteiger partial charge in [-0.3, -0.25) is 9.88 Å². The van der Waals surface area contributed by atoms with Crippen molar-refractivity contribution in [3.05, 3.63) is 84.3 Å². The quantitative estimate of drug-likeness (QED) is 0.524. The van der Waals surface area contributed by atoms with Gasteiger partial charge in [0.1, 0.15) is 5.82 Å². The Morgan fingerprint density at radius 1 is 1.00 bits per heavy atom. The van der Waals surface area contributed by atoms with Gasteiger partial charge in [0.05, 0.1) is 0 Å². The van der Waals surface area contributed by atoms with Crippen LogP contribution in [0.2, 0.25) is 0 Å². The van der Waals surface area contributed by atoms with Gasteiger partial charge in [-0.2, -0.15) is 5.10 Å². The predicted molar refractivity (Wildman–Crippen MR) is 110 cm³/mol. The summed E-state index contributed by atoms with van der Waals surface area (Å²) < 4.78 is 15.9. The van der Waals surface area contributed by atoms with Gasteiger partial charge in [0.25, 0.3) is 0 Å². The Kier molecular flexibility index (Phi) is 4.77. The van der Waals surface area contributed by atoms with Crippen LogP contribution in [-0.4, -0.2) is 37.6 Å². The second kappa shape index (κ2) is 7.72. The van der Waals surface area contributed by atoms with Crippen LogP contribution in [0.3, 0.4) is 0 Å². The van der Waals surface area contributed by atoms with Crippen molar-refractivity contribution >= 4 is 5.65 Å². The Bertz CT molecular complexity index is 1120. The molecular weight excluding hydrogens is 365 g/mol. The molecule has 1 atom stereocenters. The third-order valence-electron chi connectivity index (χ3n) is 5.58. The number of aromatic nitrogens is 4. The minimum atomic E-state index is -0.135. The van der Waals surface area contributed by atoms with Gasteiger partial charge in [0.15, 0.2) is 11.5 Å². The summed E-state index contributed by atoms with van der Waals surface area (Å²) in [7, 11) is 0. The second-order valence-electron chi connectivity index (χ2n) is 7.59. The molecule has 1 aromatic carbocycles. The average molecular weight is 387 g/mol. The summed E-state index contributed by atoms with van der Waals surface area (Å²) in [6.07, 6.45) is 7.72. The monoisotopic (exact) mass is 387 g/mol. The van der Waals surface area contributed by atoms with Gasteiger partial charge in [-0.25, -0.2) is 13.9 Å². The highest BCUT2D eigenvalue weighted by Gasteiger charge is 2.25. The van der Waals surface area contributed by atoms with Gasteiger partial charge in [-0.15, -0.1) is 0 Å². The Morgan fingerprint density at radius 3 is 2.72 bits per heavy atom. The maximum atomic E-state index is 14.0. The molecule has 0 spiro atoms. The first-order valence-corrected chi connectivity index (χ1v) is 9.99. The SMILES string of the molecule is Fc1ccccc1CN1CCC[C@H](c2nc3ccc(-c4ccncc4)cn3n2)C1. The number of fused-ring (bicyclic) bond motifs is 1.